The third-order valence-corrected chi connectivity index (χ3v) is 3.44. The molecule has 0 bridgehead atoms. The molecule has 2 aromatic heterocycles. The van der Waals surface area contributed by atoms with Crippen LogP contribution in [0.3, 0.4) is 0 Å². The van der Waals surface area contributed by atoms with Gasteiger partial charge in [0.1, 0.15) is 5.82 Å². The maximum atomic E-state index is 4.28. The minimum atomic E-state index is 0.783. The highest BCUT2D eigenvalue weighted by atomic mass is 79.9. The van der Waals surface area contributed by atoms with Crippen LogP contribution < -0.4 is 0 Å². The quantitative estimate of drug-likeness (QED) is 0.726. The van der Waals surface area contributed by atoms with Crippen molar-refractivity contribution in [2.24, 2.45) is 0 Å². The molecule has 0 N–H and O–H groups in total. The zero-order valence-corrected chi connectivity index (χ0v) is 11.6. The molecule has 0 spiro atoms. The first kappa shape index (κ1) is 11.4. The lowest BCUT2D eigenvalue weighted by molar-refractivity contribution is 0.914. The Bertz CT molecular complexity index is 703. The highest BCUT2D eigenvalue weighted by Crippen LogP contribution is 2.16. The first-order valence-electron chi connectivity index (χ1n) is 5.78. The number of nitrogens with zero attached hydrogens (tertiary/aromatic N) is 3. The monoisotopic (exact) mass is 301 g/mol. The number of hydrogen-bond donors (Lipinski definition) is 0. The van der Waals surface area contributed by atoms with Gasteiger partial charge in [-0.15, -0.1) is 10.2 Å². The van der Waals surface area contributed by atoms with Crippen molar-refractivity contribution in [3.63, 3.8) is 0 Å². The van der Waals surface area contributed by atoms with Crippen molar-refractivity contribution in [2.45, 2.75) is 13.3 Å². The van der Waals surface area contributed by atoms with E-state index >= 15 is 0 Å². The summed E-state index contributed by atoms with van der Waals surface area (Å²) in [5.41, 5.74) is 3.28. The molecule has 3 rings (SSSR count). The molecule has 4 heteroatoms. The number of benzene rings is 1. The van der Waals surface area contributed by atoms with E-state index < -0.39 is 0 Å². The van der Waals surface area contributed by atoms with Crippen molar-refractivity contribution in [1.82, 2.24) is 14.6 Å². The van der Waals surface area contributed by atoms with Crippen LogP contribution in [0.2, 0.25) is 0 Å². The fourth-order valence-electron chi connectivity index (χ4n) is 2.11. The van der Waals surface area contributed by atoms with Crippen LogP contribution in [0.15, 0.2) is 46.9 Å². The average Bonchev–Trinajstić information content (AvgIpc) is 2.74. The number of rotatable bonds is 2. The normalized spacial score (nSPS) is 11.0. The molecular weight excluding hydrogens is 290 g/mol. The van der Waals surface area contributed by atoms with E-state index in [4.69, 9.17) is 0 Å². The van der Waals surface area contributed by atoms with Gasteiger partial charge in [0.15, 0.2) is 5.65 Å². The Morgan fingerprint density at radius 3 is 2.78 bits per heavy atom. The van der Waals surface area contributed by atoms with E-state index in [0.717, 1.165) is 28.1 Å². The number of hydrogen-bond acceptors (Lipinski definition) is 2. The Balaban J connectivity index is 2.05. The van der Waals surface area contributed by atoms with Crippen LogP contribution in [0.1, 0.15) is 17.1 Å². The summed E-state index contributed by atoms with van der Waals surface area (Å²) in [6.45, 7) is 2.07. The van der Waals surface area contributed by atoms with Gasteiger partial charge in [0, 0.05) is 16.6 Å². The van der Waals surface area contributed by atoms with Crippen LogP contribution in [0.4, 0.5) is 0 Å². The third kappa shape index (κ3) is 2.04. The number of aryl methyl sites for hydroxylation is 1. The number of fused-ring (bicyclic) bond motifs is 1. The van der Waals surface area contributed by atoms with Gasteiger partial charge in [0.2, 0.25) is 0 Å². The maximum Gasteiger partial charge on any atom is 0.160 e. The zero-order chi connectivity index (χ0) is 12.5. The topological polar surface area (TPSA) is 30.2 Å². The van der Waals surface area contributed by atoms with Crippen molar-refractivity contribution in [3.05, 3.63) is 64.0 Å². The molecular formula is C14H12BrN3. The summed E-state index contributed by atoms with van der Waals surface area (Å²) in [7, 11) is 0. The SMILES string of the molecule is Cc1cccc2nnc(Cc3cccc(Br)c3)n12. The van der Waals surface area contributed by atoms with E-state index in [9.17, 15) is 0 Å². The predicted octanol–water partition coefficient (Wildman–Crippen LogP) is 3.39. The lowest BCUT2D eigenvalue weighted by Crippen LogP contribution is -1.99. The molecule has 1 aromatic carbocycles. The van der Waals surface area contributed by atoms with E-state index in [0.29, 0.717) is 0 Å². The Labute approximate surface area is 114 Å². The average molecular weight is 302 g/mol. The summed E-state index contributed by atoms with van der Waals surface area (Å²) < 4.78 is 3.19. The molecule has 0 atom stereocenters. The molecule has 0 amide bonds. The molecule has 0 aliphatic carbocycles. The van der Waals surface area contributed by atoms with Gasteiger partial charge in [-0.3, -0.25) is 4.40 Å². The van der Waals surface area contributed by atoms with Crippen molar-refractivity contribution in [1.29, 1.82) is 0 Å². The molecule has 0 fully saturated rings. The van der Waals surface area contributed by atoms with E-state index in [1.54, 1.807) is 0 Å². The second kappa shape index (κ2) is 4.53. The molecule has 18 heavy (non-hydrogen) atoms. The fourth-order valence-corrected chi connectivity index (χ4v) is 2.56. The molecule has 90 valence electrons. The van der Waals surface area contributed by atoms with Gasteiger partial charge in [-0.05, 0) is 36.8 Å². The van der Waals surface area contributed by atoms with Gasteiger partial charge >= 0.3 is 0 Å². The zero-order valence-electron chi connectivity index (χ0n) is 9.97. The first-order valence-corrected chi connectivity index (χ1v) is 6.57. The van der Waals surface area contributed by atoms with Gasteiger partial charge in [-0.1, -0.05) is 34.1 Å². The van der Waals surface area contributed by atoms with Crippen molar-refractivity contribution >= 4 is 21.6 Å². The number of pyridine rings is 1. The lowest BCUT2D eigenvalue weighted by atomic mass is 10.1. The summed E-state index contributed by atoms with van der Waals surface area (Å²) in [6.07, 6.45) is 0.783. The molecule has 0 saturated heterocycles. The largest absolute Gasteiger partial charge is 0.283 e. The molecule has 3 nitrogen and oxygen atoms in total. The second-order valence-corrected chi connectivity index (χ2v) is 5.20. The van der Waals surface area contributed by atoms with E-state index in [1.165, 1.54) is 5.56 Å². The van der Waals surface area contributed by atoms with Crippen LogP contribution in [-0.4, -0.2) is 14.6 Å². The van der Waals surface area contributed by atoms with Gasteiger partial charge in [0.05, 0.1) is 0 Å². The van der Waals surface area contributed by atoms with Gasteiger partial charge in [-0.2, -0.15) is 0 Å². The summed E-state index contributed by atoms with van der Waals surface area (Å²) in [5.74, 6) is 0.973. The Morgan fingerprint density at radius 2 is 1.94 bits per heavy atom. The third-order valence-electron chi connectivity index (χ3n) is 2.94. The Hall–Kier alpha value is -1.68. The molecule has 0 unspecified atom stereocenters. The highest BCUT2D eigenvalue weighted by molar-refractivity contribution is 9.10. The number of aromatic nitrogens is 3. The number of halogens is 1. The minimum absolute atomic E-state index is 0.783. The van der Waals surface area contributed by atoms with Crippen LogP contribution in [-0.2, 0) is 6.42 Å². The molecule has 0 radical (unpaired) electrons. The lowest BCUT2D eigenvalue weighted by Gasteiger charge is -2.04. The Morgan fingerprint density at radius 1 is 1.11 bits per heavy atom. The van der Waals surface area contributed by atoms with Crippen molar-refractivity contribution < 1.29 is 0 Å². The van der Waals surface area contributed by atoms with Crippen LogP contribution in [0.5, 0.6) is 0 Å². The van der Waals surface area contributed by atoms with Gasteiger partial charge < -0.3 is 0 Å². The smallest absolute Gasteiger partial charge is 0.160 e. The van der Waals surface area contributed by atoms with Crippen molar-refractivity contribution in [2.75, 3.05) is 0 Å². The summed E-state index contributed by atoms with van der Waals surface area (Å²) >= 11 is 3.49. The van der Waals surface area contributed by atoms with Crippen molar-refractivity contribution in [3.8, 4) is 0 Å². The van der Waals surface area contributed by atoms with E-state index in [2.05, 4.69) is 55.7 Å². The minimum Gasteiger partial charge on any atom is -0.283 e. The first-order chi connectivity index (χ1) is 8.74. The van der Waals surface area contributed by atoms with Gasteiger partial charge in [0.25, 0.3) is 0 Å². The maximum absolute atomic E-state index is 4.28. The van der Waals surface area contributed by atoms with Gasteiger partial charge in [-0.25, -0.2) is 0 Å². The molecule has 0 aliphatic rings. The standard InChI is InChI=1S/C14H12BrN3/c1-10-4-2-7-13-16-17-14(18(10)13)9-11-5-3-6-12(15)8-11/h2-8H,9H2,1H3. The van der Waals surface area contributed by atoms with Crippen LogP contribution >= 0.6 is 15.9 Å². The summed E-state index contributed by atoms with van der Waals surface area (Å²) in [4.78, 5) is 0. The summed E-state index contributed by atoms with van der Waals surface area (Å²) in [5, 5.41) is 8.48. The predicted molar refractivity (Wildman–Crippen MR) is 74.7 cm³/mol. The molecule has 0 saturated carbocycles. The molecule has 2 heterocycles. The fraction of sp³-hybridized carbons (Fsp3) is 0.143. The highest BCUT2D eigenvalue weighted by Gasteiger charge is 2.07. The molecule has 0 aliphatic heterocycles. The van der Waals surface area contributed by atoms with Crippen LogP contribution in [0.25, 0.3) is 5.65 Å². The van der Waals surface area contributed by atoms with E-state index in [-0.39, 0.29) is 0 Å². The summed E-state index contributed by atoms with van der Waals surface area (Å²) in [6, 6.07) is 14.3. The van der Waals surface area contributed by atoms with E-state index in [1.807, 2.05) is 24.3 Å². The second-order valence-electron chi connectivity index (χ2n) is 4.28. The molecule has 3 aromatic rings. The Kier molecular flexibility index (Phi) is 2.88. The van der Waals surface area contributed by atoms with Crippen LogP contribution in [0, 0.1) is 6.92 Å².